The first-order chi connectivity index (χ1) is 8.22. The van der Waals surface area contributed by atoms with Gasteiger partial charge in [0.05, 0.1) is 24.7 Å². The highest BCUT2D eigenvalue weighted by Gasteiger charge is 2.31. The van der Waals surface area contributed by atoms with Crippen molar-refractivity contribution in [3.8, 4) is 11.8 Å². The third kappa shape index (κ3) is 2.69. The van der Waals surface area contributed by atoms with Crippen LogP contribution in [0.5, 0.6) is 5.75 Å². The van der Waals surface area contributed by atoms with E-state index in [2.05, 4.69) is 0 Å². The lowest BCUT2D eigenvalue weighted by atomic mass is 10.1. The number of likely N-dealkylation sites (tertiary alicyclic amines) is 1. The van der Waals surface area contributed by atoms with Gasteiger partial charge in [0.15, 0.2) is 0 Å². The van der Waals surface area contributed by atoms with Gasteiger partial charge in [0.1, 0.15) is 17.7 Å². The standard InChI is InChI=1S/C12H11ClN2O2/c13-5-12(16)15-7-11(8-15)17-10-3-1-9(6-14)2-4-10/h1-4,11H,5,7-8H2. The molecule has 17 heavy (non-hydrogen) atoms. The molecule has 1 fully saturated rings. The quantitative estimate of drug-likeness (QED) is 0.762. The monoisotopic (exact) mass is 250 g/mol. The van der Waals surface area contributed by atoms with Crippen molar-refractivity contribution in [3.63, 3.8) is 0 Å². The van der Waals surface area contributed by atoms with Crippen LogP contribution in [0.2, 0.25) is 0 Å². The van der Waals surface area contributed by atoms with Gasteiger partial charge < -0.3 is 9.64 Å². The Bertz CT molecular complexity index is 447. The molecule has 0 spiro atoms. The van der Waals surface area contributed by atoms with E-state index in [1.54, 1.807) is 29.2 Å². The van der Waals surface area contributed by atoms with E-state index >= 15 is 0 Å². The van der Waals surface area contributed by atoms with Crippen LogP contribution in [0.25, 0.3) is 0 Å². The molecule has 1 aromatic carbocycles. The summed E-state index contributed by atoms with van der Waals surface area (Å²) in [6.45, 7) is 1.15. The number of amides is 1. The van der Waals surface area contributed by atoms with Crippen molar-refractivity contribution >= 4 is 17.5 Å². The molecule has 0 aliphatic carbocycles. The Kier molecular flexibility index (Phi) is 3.50. The molecule has 1 saturated heterocycles. The maximum absolute atomic E-state index is 11.2. The summed E-state index contributed by atoms with van der Waals surface area (Å²) in [6, 6.07) is 8.96. The Morgan fingerprint density at radius 1 is 1.47 bits per heavy atom. The summed E-state index contributed by atoms with van der Waals surface area (Å²) in [5.74, 6) is 0.669. The van der Waals surface area contributed by atoms with Gasteiger partial charge in [-0.05, 0) is 24.3 Å². The first-order valence-corrected chi connectivity index (χ1v) is 5.77. The van der Waals surface area contributed by atoms with E-state index in [0.717, 1.165) is 0 Å². The van der Waals surface area contributed by atoms with Crippen molar-refractivity contribution in [2.75, 3.05) is 19.0 Å². The molecule has 0 aromatic heterocycles. The molecular weight excluding hydrogens is 240 g/mol. The number of nitrogens with zero attached hydrogens (tertiary/aromatic N) is 2. The predicted molar refractivity (Wildman–Crippen MR) is 62.9 cm³/mol. The maximum Gasteiger partial charge on any atom is 0.237 e. The summed E-state index contributed by atoms with van der Waals surface area (Å²) in [5.41, 5.74) is 0.602. The van der Waals surface area contributed by atoms with Crippen LogP contribution in [0.4, 0.5) is 0 Å². The lowest BCUT2D eigenvalue weighted by molar-refractivity contribution is -0.137. The minimum Gasteiger partial charge on any atom is -0.487 e. The zero-order valence-corrected chi connectivity index (χ0v) is 9.85. The average molecular weight is 251 g/mol. The molecule has 0 saturated carbocycles. The highest BCUT2D eigenvalue weighted by Crippen LogP contribution is 2.18. The Balaban J connectivity index is 1.84. The van der Waals surface area contributed by atoms with E-state index in [1.807, 2.05) is 6.07 Å². The molecule has 0 unspecified atom stereocenters. The highest BCUT2D eigenvalue weighted by atomic mass is 35.5. The second-order valence-electron chi connectivity index (χ2n) is 3.81. The number of hydrogen-bond donors (Lipinski definition) is 0. The summed E-state index contributed by atoms with van der Waals surface area (Å²) in [5, 5.41) is 8.64. The van der Waals surface area contributed by atoms with Gasteiger partial charge in [-0.3, -0.25) is 4.79 Å². The van der Waals surface area contributed by atoms with Crippen molar-refractivity contribution in [3.05, 3.63) is 29.8 Å². The molecule has 1 heterocycles. The first-order valence-electron chi connectivity index (χ1n) is 5.23. The van der Waals surface area contributed by atoms with Crippen molar-refractivity contribution in [1.29, 1.82) is 5.26 Å². The SMILES string of the molecule is N#Cc1ccc(OC2CN(C(=O)CCl)C2)cc1. The van der Waals surface area contributed by atoms with Crippen LogP contribution in [0.15, 0.2) is 24.3 Å². The summed E-state index contributed by atoms with van der Waals surface area (Å²) in [6.07, 6.45) is 0.0232. The van der Waals surface area contributed by atoms with E-state index in [9.17, 15) is 4.79 Å². The minimum absolute atomic E-state index is 0.0174. The topological polar surface area (TPSA) is 53.3 Å². The number of ether oxygens (including phenoxy) is 1. The van der Waals surface area contributed by atoms with Gasteiger partial charge in [0.2, 0.25) is 5.91 Å². The Labute approximate surface area is 104 Å². The van der Waals surface area contributed by atoms with E-state index in [1.165, 1.54) is 0 Å². The van der Waals surface area contributed by atoms with E-state index in [0.29, 0.717) is 24.4 Å². The van der Waals surface area contributed by atoms with Crippen molar-refractivity contribution in [1.82, 2.24) is 4.90 Å². The first kappa shape index (κ1) is 11.7. The Morgan fingerprint density at radius 2 is 2.12 bits per heavy atom. The third-order valence-electron chi connectivity index (χ3n) is 2.60. The maximum atomic E-state index is 11.2. The lowest BCUT2D eigenvalue weighted by Gasteiger charge is -2.38. The van der Waals surface area contributed by atoms with Crippen LogP contribution in [-0.4, -0.2) is 35.9 Å². The van der Waals surface area contributed by atoms with Crippen LogP contribution in [0, 0.1) is 11.3 Å². The largest absolute Gasteiger partial charge is 0.487 e. The van der Waals surface area contributed by atoms with E-state index in [-0.39, 0.29) is 17.9 Å². The number of hydrogen-bond acceptors (Lipinski definition) is 3. The Hall–Kier alpha value is -1.73. The number of benzene rings is 1. The molecule has 0 radical (unpaired) electrons. The fourth-order valence-electron chi connectivity index (χ4n) is 1.60. The van der Waals surface area contributed by atoms with E-state index in [4.69, 9.17) is 21.6 Å². The van der Waals surface area contributed by atoms with Gasteiger partial charge in [0.25, 0.3) is 0 Å². The minimum atomic E-state index is -0.0636. The highest BCUT2D eigenvalue weighted by molar-refractivity contribution is 6.27. The second-order valence-corrected chi connectivity index (χ2v) is 4.08. The van der Waals surface area contributed by atoms with Gasteiger partial charge in [-0.2, -0.15) is 5.26 Å². The fourth-order valence-corrected chi connectivity index (χ4v) is 1.77. The lowest BCUT2D eigenvalue weighted by Crippen LogP contribution is -2.56. The fraction of sp³-hybridized carbons (Fsp3) is 0.333. The summed E-state index contributed by atoms with van der Waals surface area (Å²) < 4.78 is 5.63. The van der Waals surface area contributed by atoms with Gasteiger partial charge in [-0.25, -0.2) is 0 Å². The molecule has 0 bridgehead atoms. The normalized spacial score (nSPS) is 14.9. The molecule has 0 N–H and O–H groups in total. The molecule has 1 aliphatic rings. The molecule has 0 atom stereocenters. The molecule has 2 rings (SSSR count). The third-order valence-corrected chi connectivity index (χ3v) is 2.83. The summed E-state index contributed by atoms with van der Waals surface area (Å²) >= 11 is 5.44. The van der Waals surface area contributed by atoms with Crippen molar-refractivity contribution in [2.24, 2.45) is 0 Å². The van der Waals surface area contributed by atoms with Gasteiger partial charge in [0, 0.05) is 0 Å². The summed E-state index contributed by atoms with van der Waals surface area (Å²) in [7, 11) is 0. The Morgan fingerprint density at radius 3 is 2.65 bits per heavy atom. The van der Waals surface area contributed by atoms with Crippen LogP contribution in [0.3, 0.4) is 0 Å². The number of nitriles is 1. The van der Waals surface area contributed by atoms with Crippen LogP contribution in [-0.2, 0) is 4.79 Å². The van der Waals surface area contributed by atoms with Crippen LogP contribution in [0.1, 0.15) is 5.56 Å². The number of alkyl halides is 1. The number of rotatable bonds is 3. The predicted octanol–water partition coefficient (Wildman–Crippen LogP) is 1.39. The van der Waals surface area contributed by atoms with Crippen LogP contribution < -0.4 is 4.74 Å². The van der Waals surface area contributed by atoms with Crippen molar-refractivity contribution in [2.45, 2.75) is 6.10 Å². The summed E-state index contributed by atoms with van der Waals surface area (Å²) in [4.78, 5) is 12.8. The molecule has 1 aliphatic heterocycles. The second kappa shape index (κ2) is 5.07. The van der Waals surface area contributed by atoms with Gasteiger partial charge in [-0.1, -0.05) is 0 Å². The zero-order chi connectivity index (χ0) is 12.3. The molecular formula is C12H11ClN2O2. The molecule has 88 valence electrons. The molecule has 1 amide bonds. The van der Waals surface area contributed by atoms with Gasteiger partial charge >= 0.3 is 0 Å². The molecule has 4 nitrogen and oxygen atoms in total. The zero-order valence-electron chi connectivity index (χ0n) is 9.10. The number of carbonyl (C=O) groups is 1. The number of halogens is 1. The average Bonchev–Trinajstić information content (AvgIpc) is 2.33. The number of carbonyl (C=O) groups excluding carboxylic acids is 1. The van der Waals surface area contributed by atoms with Crippen LogP contribution >= 0.6 is 11.6 Å². The van der Waals surface area contributed by atoms with Crippen molar-refractivity contribution < 1.29 is 9.53 Å². The van der Waals surface area contributed by atoms with Gasteiger partial charge in [-0.15, -0.1) is 11.6 Å². The van der Waals surface area contributed by atoms with E-state index < -0.39 is 0 Å². The molecule has 1 aromatic rings. The smallest absolute Gasteiger partial charge is 0.237 e. The molecule has 5 heteroatoms.